The van der Waals surface area contributed by atoms with Crippen LogP contribution in [-0.4, -0.2) is 45.4 Å². The number of aliphatic hydroxyl groups is 1. The van der Waals surface area contributed by atoms with Gasteiger partial charge in [0.25, 0.3) is 0 Å². The van der Waals surface area contributed by atoms with Crippen molar-refractivity contribution in [2.24, 2.45) is 10.4 Å². The molecule has 0 saturated carbocycles. The Bertz CT molecular complexity index is 683. The summed E-state index contributed by atoms with van der Waals surface area (Å²) in [5.74, 6) is 1.57. The lowest BCUT2D eigenvalue weighted by Crippen LogP contribution is -2.43. The van der Waals surface area contributed by atoms with Crippen LogP contribution in [0.2, 0.25) is 0 Å². The van der Waals surface area contributed by atoms with Gasteiger partial charge in [-0.3, -0.25) is 4.40 Å². The molecule has 26 heavy (non-hydrogen) atoms. The average molecular weight is 474 g/mol. The van der Waals surface area contributed by atoms with E-state index in [1.54, 1.807) is 0 Å². The maximum absolute atomic E-state index is 9.37. The highest BCUT2D eigenvalue weighted by molar-refractivity contribution is 14.0. The smallest absolute Gasteiger partial charge is 0.191 e. The van der Waals surface area contributed by atoms with Gasteiger partial charge in [-0.1, -0.05) is 19.9 Å². The first-order valence-electron chi connectivity index (χ1n) is 9.09. The van der Waals surface area contributed by atoms with Crippen molar-refractivity contribution < 1.29 is 5.11 Å². The molecule has 0 aliphatic heterocycles. The highest BCUT2D eigenvalue weighted by atomic mass is 127. The number of nitrogens with one attached hydrogen (secondary N) is 2. The van der Waals surface area contributed by atoms with E-state index in [4.69, 9.17) is 0 Å². The Morgan fingerprint density at radius 1 is 1.19 bits per heavy atom. The maximum Gasteiger partial charge on any atom is 0.191 e. The van der Waals surface area contributed by atoms with Crippen LogP contribution in [0.1, 0.15) is 45.9 Å². The SMILES string of the molecule is CCNC(=NCc1nnc2ccccn12)NCC(CC)(CC)CCO.I. The largest absolute Gasteiger partial charge is 0.396 e. The molecule has 146 valence electrons. The molecule has 0 fully saturated rings. The number of pyridine rings is 1. The normalized spacial score (nSPS) is 12.1. The van der Waals surface area contributed by atoms with Gasteiger partial charge in [0.15, 0.2) is 17.4 Å². The van der Waals surface area contributed by atoms with Gasteiger partial charge in [-0.2, -0.15) is 0 Å². The Kier molecular flexibility index (Phi) is 9.85. The fourth-order valence-electron chi connectivity index (χ4n) is 2.94. The Balaban J connectivity index is 0.00000338. The Morgan fingerprint density at radius 2 is 1.96 bits per heavy atom. The van der Waals surface area contributed by atoms with Gasteiger partial charge < -0.3 is 15.7 Å². The van der Waals surface area contributed by atoms with Crippen molar-refractivity contribution in [1.29, 1.82) is 0 Å². The first-order valence-corrected chi connectivity index (χ1v) is 9.09. The zero-order valence-corrected chi connectivity index (χ0v) is 18.2. The van der Waals surface area contributed by atoms with Crippen molar-refractivity contribution in [3.63, 3.8) is 0 Å². The van der Waals surface area contributed by atoms with Crippen LogP contribution in [0.5, 0.6) is 0 Å². The summed E-state index contributed by atoms with van der Waals surface area (Å²) < 4.78 is 1.95. The molecule has 0 aliphatic carbocycles. The molecule has 0 aliphatic rings. The highest BCUT2D eigenvalue weighted by Gasteiger charge is 2.25. The van der Waals surface area contributed by atoms with Crippen LogP contribution in [0.15, 0.2) is 29.4 Å². The van der Waals surface area contributed by atoms with Crippen LogP contribution in [0.25, 0.3) is 5.65 Å². The molecule has 2 aromatic heterocycles. The molecular weight excluding hydrogens is 443 g/mol. The number of rotatable bonds is 9. The molecule has 3 N–H and O–H groups in total. The minimum atomic E-state index is 0. The highest BCUT2D eigenvalue weighted by Crippen LogP contribution is 2.29. The van der Waals surface area contributed by atoms with Crippen molar-refractivity contribution in [3.05, 3.63) is 30.2 Å². The van der Waals surface area contributed by atoms with Crippen molar-refractivity contribution in [1.82, 2.24) is 25.2 Å². The second kappa shape index (κ2) is 11.3. The van der Waals surface area contributed by atoms with E-state index in [2.05, 4.69) is 39.7 Å². The van der Waals surface area contributed by atoms with Crippen LogP contribution in [0.4, 0.5) is 0 Å². The standard InChI is InChI=1S/C18H30N6O.HI/c1-4-18(5-2,10-12-25)14-21-17(19-6-3)20-13-16-23-22-15-9-7-8-11-24(15)16;/h7-9,11,25H,4-6,10,12-14H2,1-3H3,(H2,19,20,21);1H. The lowest BCUT2D eigenvalue weighted by atomic mass is 9.79. The molecule has 0 saturated heterocycles. The predicted octanol–water partition coefficient (Wildman–Crippen LogP) is 2.59. The zero-order valence-electron chi connectivity index (χ0n) is 15.9. The van der Waals surface area contributed by atoms with E-state index in [0.29, 0.717) is 6.54 Å². The number of halogens is 1. The van der Waals surface area contributed by atoms with Crippen molar-refractivity contribution in [2.45, 2.75) is 46.6 Å². The van der Waals surface area contributed by atoms with E-state index in [9.17, 15) is 5.11 Å². The molecule has 7 nitrogen and oxygen atoms in total. The van der Waals surface area contributed by atoms with Crippen molar-refractivity contribution >= 4 is 35.6 Å². The molecule has 2 rings (SSSR count). The number of hydrogen-bond acceptors (Lipinski definition) is 4. The van der Waals surface area contributed by atoms with Gasteiger partial charge in [0.2, 0.25) is 0 Å². The van der Waals surface area contributed by atoms with Gasteiger partial charge >= 0.3 is 0 Å². The summed E-state index contributed by atoms with van der Waals surface area (Å²) in [4.78, 5) is 4.65. The number of hydrogen-bond donors (Lipinski definition) is 3. The van der Waals surface area contributed by atoms with Crippen molar-refractivity contribution in [3.8, 4) is 0 Å². The van der Waals surface area contributed by atoms with Crippen LogP contribution in [-0.2, 0) is 6.54 Å². The molecule has 0 amide bonds. The summed E-state index contributed by atoms with van der Waals surface area (Å²) in [5, 5.41) is 24.4. The monoisotopic (exact) mass is 474 g/mol. The number of fused-ring (bicyclic) bond motifs is 1. The third kappa shape index (κ3) is 5.80. The average Bonchev–Trinajstić information content (AvgIpc) is 3.06. The number of guanidine groups is 1. The molecule has 0 spiro atoms. The summed E-state index contributed by atoms with van der Waals surface area (Å²) in [6, 6.07) is 5.83. The Labute approximate surface area is 172 Å². The fraction of sp³-hybridized carbons (Fsp3) is 0.611. The zero-order chi connectivity index (χ0) is 18.1. The number of aliphatic imine (C=N–C) groups is 1. The quantitative estimate of drug-likeness (QED) is 0.296. The van der Waals surface area contributed by atoms with Crippen molar-refractivity contribution in [2.75, 3.05) is 19.7 Å². The first kappa shape index (κ1) is 22.6. The Hall–Kier alpha value is -1.42. The van der Waals surface area contributed by atoms with Crippen LogP contribution >= 0.6 is 24.0 Å². The Morgan fingerprint density at radius 3 is 2.62 bits per heavy atom. The molecule has 0 bridgehead atoms. The molecule has 2 aromatic rings. The van der Waals surface area contributed by atoms with Gasteiger partial charge in [-0.05, 0) is 43.7 Å². The molecule has 0 unspecified atom stereocenters. The molecule has 0 radical (unpaired) electrons. The number of nitrogens with zero attached hydrogens (tertiary/aromatic N) is 4. The fourth-order valence-corrected chi connectivity index (χ4v) is 2.94. The third-order valence-electron chi connectivity index (χ3n) is 4.88. The maximum atomic E-state index is 9.37. The van der Waals surface area contributed by atoms with E-state index < -0.39 is 0 Å². The third-order valence-corrected chi connectivity index (χ3v) is 4.88. The lowest BCUT2D eigenvalue weighted by Gasteiger charge is -2.32. The number of aliphatic hydroxyl groups excluding tert-OH is 1. The first-order chi connectivity index (χ1) is 12.2. The molecule has 8 heteroatoms. The summed E-state index contributed by atoms with van der Waals surface area (Å²) in [6.45, 7) is 8.63. The van der Waals surface area contributed by atoms with E-state index in [-0.39, 0.29) is 36.0 Å². The van der Waals surface area contributed by atoms with Gasteiger partial charge in [0.1, 0.15) is 6.54 Å². The second-order valence-corrected chi connectivity index (χ2v) is 6.27. The molecule has 0 aromatic carbocycles. The summed E-state index contributed by atoms with van der Waals surface area (Å²) in [6.07, 6.45) is 4.78. The van der Waals surface area contributed by atoms with Crippen LogP contribution in [0.3, 0.4) is 0 Å². The topological polar surface area (TPSA) is 86.8 Å². The van der Waals surface area contributed by atoms with E-state index >= 15 is 0 Å². The summed E-state index contributed by atoms with van der Waals surface area (Å²) >= 11 is 0. The van der Waals surface area contributed by atoms with E-state index in [1.165, 1.54) is 0 Å². The van der Waals surface area contributed by atoms with Gasteiger partial charge in [0.05, 0.1) is 0 Å². The van der Waals surface area contributed by atoms with Gasteiger partial charge in [-0.15, -0.1) is 34.2 Å². The van der Waals surface area contributed by atoms with Gasteiger partial charge in [-0.25, -0.2) is 4.99 Å². The molecule has 0 atom stereocenters. The van der Waals surface area contributed by atoms with E-state index in [1.807, 2.05) is 35.7 Å². The van der Waals surface area contributed by atoms with Crippen LogP contribution in [0, 0.1) is 5.41 Å². The minimum Gasteiger partial charge on any atom is -0.396 e. The minimum absolute atomic E-state index is 0. The molecule has 2 heterocycles. The predicted molar refractivity (Wildman–Crippen MR) is 116 cm³/mol. The van der Waals surface area contributed by atoms with Gasteiger partial charge in [0, 0.05) is 25.9 Å². The van der Waals surface area contributed by atoms with Crippen LogP contribution < -0.4 is 10.6 Å². The van der Waals surface area contributed by atoms with E-state index in [0.717, 1.165) is 49.8 Å². The summed E-state index contributed by atoms with van der Waals surface area (Å²) in [7, 11) is 0. The lowest BCUT2D eigenvalue weighted by molar-refractivity contribution is 0.169. The number of aromatic nitrogens is 3. The summed E-state index contributed by atoms with van der Waals surface area (Å²) in [5.41, 5.74) is 0.913. The molecular formula is C18H31IN6O. The second-order valence-electron chi connectivity index (χ2n) is 6.27.